The minimum Gasteiger partial charge on any atom is -0.288 e. The van der Waals surface area contributed by atoms with Gasteiger partial charge in [0.1, 0.15) is 5.82 Å². The Labute approximate surface area is 140 Å². The first kappa shape index (κ1) is 16.4. The molecular formula is C20H20FNO2. The van der Waals surface area contributed by atoms with Crippen LogP contribution in [-0.2, 0) is 11.2 Å². The van der Waals surface area contributed by atoms with Crippen molar-refractivity contribution in [3.63, 3.8) is 0 Å². The zero-order chi connectivity index (χ0) is 16.9. The zero-order valence-corrected chi connectivity index (χ0v) is 13.3. The van der Waals surface area contributed by atoms with E-state index in [2.05, 4.69) is 12.1 Å². The van der Waals surface area contributed by atoms with Gasteiger partial charge in [-0.3, -0.25) is 10.0 Å². The molecule has 3 nitrogen and oxygen atoms in total. The van der Waals surface area contributed by atoms with E-state index in [1.54, 1.807) is 11.6 Å². The van der Waals surface area contributed by atoms with E-state index in [0.29, 0.717) is 11.8 Å². The van der Waals surface area contributed by atoms with Crippen molar-refractivity contribution in [1.29, 1.82) is 0 Å². The van der Waals surface area contributed by atoms with Crippen molar-refractivity contribution in [3.8, 4) is 0 Å². The summed E-state index contributed by atoms with van der Waals surface area (Å²) in [6.07, 6.45) is 6.27. The number of amides is 1. The van der Waals surface area contributed by atoms with Crippen molar-refractivity contribution in [2.75, 3.05) is 0 Å². The Kier molecular flexibility index (Phi) is 5.06. The summed E-state index contributed by atoms with van der Waals surface area (Å²) in [6.45, 7) is 0. The first-order valence-corrected chi connectivity index (χ1v) is 8.12. The van der Waals surface area contributed by atoms with Crippen LogP contribution in [-0.4, -0.2) is 11.1 Å². The number of halogens is 1. The third-order valence-electron chi connectivity index (χ3n) is 4.54. The van der Waals surface area contributed by atoms with Crippen LogP contribution >= 0.6 is 0 Å². The van der Waals surface area contributed by atoms with Crippen LogP contribution in [0.2, 0.25) is 0 Å². The van der Waals surface area contributed by atoms with E-state index < -0.39 is 5.91 Å². The number of benzene rings is 2. The Morgan fingerprint density at radius 2 is 1.88 bits per heavy atom. The van der Waals surface area contributed by atoms with Gasteiger partial charge < -0.3 is 0 Å². The maximum Gasteiger partial charge on any atom is 0.267 e. The lowest BCUT2D eigenvalue weighted by Gasteiger charge is -2.03. The molecule has 2 N–H and O–H groups in total. The molecule has 4 heteroatoms. The van der Waals surface area contributed by atoms with Gasteiger partial charge in [0.2, 0.25) is 0 Å². The van der Waals surface area contributed by atoms with Crippen LogP contribution in [0.5, 0.6) is 0 Å². The molecular weight excluding hydrogens is 305 g/mol. The van der Waals surface area contributed by atoms with Crippen LogP contribution in [0.4, 0.5) is 4.39 Å². The maximum atomic E-state index is 12.9. The van der Waals surface area contributed by atoms with Crippen LogP contribution in [0.25, 0.3) is 6.08 Å². The van der Waals surface area contributed by atoms with E-state index in [-0.39, 0.29) is 5.82 Å². The summed E-state index contributed by atoms with van der Waals surface area (Å²) < 4.78 is 12.9. The lowest BCUT2D eigenvalue weighted by atomic mass is 10.0. The number of rotatable bonds is 6. The number of nitrogens with one attached hydrogen (secondary N) is 1. The Morgan fingerprint density at radius 3 is 2.54 bits per heavy atom. The molecule has 0 aromatic heterocycles. The smallest absolute Gasteiger partial charge is 0.267 e. The number of hydrogen-bond donors (Lipinski definition) is 2. The summed E-state index contributed by atoms with van der Waals surface area (Å²) in [5, 5.41) is 8.43. The fourth-order valence-corrected chi connectivity index (χ4v) is 3.04. The SMILES string of the molecule is O=C(/C=C/c1ccc(CCC2CC2c2ccc(F)cc2)cc1)NO. The van der Waals surface area contributed by atoms with Gasteiger partial charge in [-0.1, -0.05) is 36.4 Å². The van der Waals surface area contributed by atoms with Gasteiger partial charge in [-0.2, -0.15) is 0 Å². The van der Waals surface area contributed by atoms with Gasteiger partial charge >= 0.3 is 0 Å². The minimum absolute atomic E-state index is 0.179. The number of carbonyl (C=O) groups is 1. The van der Waals surface area contributed by atoms with E-state index in [1.807, 2.05) is 24.3 Å². The van der Waals surface area contributed by atoms with E-state index in [4.69, 9.17) is 5.21 Å². The molecule has 2 atom stereocenters. The average Bonchev–Trinajstić information content (AvgIpc) is 3.39. The zero-order valence-electron chi connectivity index (χ0n) is 13.3. The molecule has 1 aliphatic carbocycles. The molecule has 0 heterocycles. The highest BCUT2D eigenvalue weighted by atomic mass is 19.1. The van der Waals surface area contributed by atoms with Crippen molar-refractivity contribution in [1.82, 2.24) is 5.48 Å². The molecule has 0 saturated heterocycles. The molecule has 0 spiro atoms. The lowest BCUT2D eigenvalue weighted by Crippen LogP contribution is -2.14. The molecule has 1 fully saturated rings. The third-order valence-corrected chi connectivity index (χ3v) is 4.54. The number of hydroxylamine groups is 1. The molecule has 1 aliphatic rings. The number of carbonyl (C=O) groups excluding carboxylic acids is 1. The Hall–Kier alpha value is -2.46. The standard InChI is InChI=1S/C20H20FNO2/c21-18-10-8-16(9-11-18)19-13-17(19)7-5-14-1-3-15(4-2-14)6-12-20(23)22-24/h1-4,6,8-12,17,19,24H,5,7,13H2,(H,22,23)/b12-6+. The summed E-state index contributed by atoms with van der Waals surface area (Å²) in [4.78, 5) is 10.9. The largest absolute Gasteiger partial charge is 0.288 e. The molecule has 2 aromatic carbocycles. The Bertz CT molecular complexity index is 722. The second-order valence-corrected chi connectivity index (χ2v) is 6.24. The first-order valence-electron chi connectivity index (χ1n) is 8.12. The van der Waals surface area contributed by atoms with Crippen molar-refractivity contribution in [2.24, 2.45) is 5.92 Å². The maximum absolute atomic E-state index is 12.9. The van der Waals surface area contributed by atoms with Crippen LogP contribution in [0.15, 0.2) is 54.6 Å². The molecule has 0 aliphatic heterocycles. The molecule has 1 amide bonds. The highest BCUT2D eigenvalue weighted by Crippen LogP contribution is 2.49. The minimum atomic E-state index is -0.542. The monoisotopic (exact) mass is 325 g/mol. The molecule has 2 unspecified atom stereocenters. The van der Waals surface area contributed by atoms with Crippen molar-refractivity contribution < 1.29 is 14.4 Å². The van der Waals surface area contributed by atoms with E-state index in [1.165, 1.54) is 35.8 Å². The van der Waals surface area contributed by atoms with Crippen molar-refractivity contribution in [2.45, 2.75) is 25.2 Å². The van der Waals surface area contributed by atoms with Gasteiger partial charge in [0.25, 0.3) is 5.91 Å². The molecule has 0 radical (unpaired) electrons. The fraction of sp³-hybridized carbons (Fsp3) is 0.250. The highest BCUT2D eigenvalue weighted by Gasteiger charge is 2.37. The van der Waals surface area contributed by atoms with Gasteiger partial charge in [-0.15, -0.1) is 0 Å². The van der Waals surface area contributed by atoms with Crippen LogP contribution in [0.3, 0.4) is 0 Å². The van der Waals surface area contributed by atoms with Gasteiger partial charge in [0, 0.05) is 6.08 Å². The Balaban J connectivity index is 1.48. The molecule has 0 bridgehead atoms. The van der Waals surface area contributed by atoms with E-state index >= 15 is 0 Å². The molecule has 3 rings (SSSR count). The number of aryl methyl sites for hydroxylation is 1. The molecule has 124 valence electrons. The summed E-state index contributed by atoms with van der Waals surface area (Å²) in [5.74, 6) is 0.536. The van der Waals surface area contributed by atoms with E-state index in [9.17, 15) is 9.18 Å². The fourth-order valence-electron chi connectivity index (χ4n) is 3.04. The van der Waals surface area contributed by atoms with Gasteiger partial charge in [-0.25, -0.2) is 9.87 Å². The second kappa shape index (κ2) is 7.41. The summed E-state index contributed by atoms with van der Waals surface area (Å²) in [6, 6.07) is 14.9. The van der Waals surface area contributed by atoms with Crippen molar-refractivity contribution >= 4 is 12.0 Å². The second-order valence-electron chi connectivity index (χ2n) is 6.24. The van der Waals surface area contributed by atoms with Gasteiger partial charge in [-0.05, 0) is 66.0 Å². The quantitative estimate of drug-likeness (QED) is 0.478. The normalized spacial score (nSPS) is 19.4. The average molecular weight is 325 g/mol. The third kappa shape index (κ3) is 4.30. The van der Waals surface area contributed by atoms with Gasteiger partial charge in [0.15, 0.2) is 0 Å². The summed E-state index contributed by atoms with van der Waals surface area (Å²) >= 11 is 0. The van der Waals surface area contributed by atoms with Crippen LogP contribution in [0.1, 0.15) is 35.4 Å². The van der Waals surface area contributed by atoms with E-state index in [0.717, 1.165) is 18.4 Å². The molecule has 24 heavy (non-hydrogen) atoms. The first-order chi connectivity index (χ1) is 11.7. The van der Waals surface area contributed by atoms with Crippen molar-refractivity contribution in [3.05, 3.63) is 77.1 Å². The predicted octanol–water partition coefficient (Wildman–Crippen LogP) is 4.08. The van der Waals surface area contributed by atoms with Crippen LogP contribution in [0, 0.1) is 11.7 Å². The molecule has 1 saturated carbocycles. The summed E-state index contributed by atoms with van der Waals surface area (Å²) in [5.41, 5.74) is 4.98. The van der Waals surface area contributed by atoms with Gasteiger partial charge in [0.05, 0.1) is 0 Å². The lowest BCUT2D eigenvalue weighted by molar-refractivity contribution is -0.124. The Morgan fingerprint density at radius 1 is 1.17 bits per heavy atom. The number of hydrogen-bond acceptors (Lipinski definition) is 2. The molecule has 2 aromatic rings. The predicted molar refractivity (Wildman–Crippen MR) is 91.0 cm³/mol. The van der Waals surface area contributed by atoms with Crippen LogP contribution < -0.4 is 5.48 Å². The topological polar surface area (TPSA) is 49.3 Å². The summed E-state index contributed by atoms with van der Waals surface area (Å²) in [7, 11) is 0. The highest BCUT2D eigenvalue weighted by molar-refractivity contribution is 5.90.